The molecule has 0 spiro atoms. The molecule has 0 radical (unpaired) electrons. The van der Waals surface area contributed by atoms with Crippen LogP contribution in [0.15, 0.2) is 0 Å². The van der Waals surface area contributed by atoms with Crippen molar-refractivity contribution in [2.75, 3.05) is 0 Å². The number of hydrogen-bond donors (Lipinski definition) is 2. The van der Waals surface area contributed by atoms with Crippen LogP contribution in [-0.2, 0) is 0 Å². The van der Waals surface area contributed by atoms with Crippen LogP contribution in [0.3, 0.4) is 0 Å². The van der Waals surface area contributed by atoms with Gasteiger partial charge in [0.2, 0.25) is 0 Å². The third-order valence-electron chi connectivity index (χ3n) is 0.975. The molecule has 0 aromatic heterocycles. The van der Waals surface area contributed by atoms with E-state index < -0.39 is 12.2 Å². The lowest BCUT2D eigenvalue weighted by Crippen LogP contribution is -2.20. The predicted molar refractivity (Wildman–Crippen MR) is 28.0 cm³/mol. The van der Waals surface area contributed by atoms with Crippen molar-refractivity contribution in [3.05, 3.63) is 0 Å². The van der Waals surface area contributed by atoms with E-state index in [1.807, 2.05) is 6.92 Å². The fourth-order valence-corrected chi connectivity index (χ4v) is 0.341. The molecule has 0 saturated carbocycles. The van der Waals surface area contributed by atoms with E-state index in [9.17, 15) is 0 Å². The minimum Gasteiger partial charge on any atom is -0.391 e. The van der Waals surface area contributed by atoms with Gasteiger partial charge in [0, 0.05) is 0 Å². The van der Waals surface area contributed by atoms with Gasteiger partial charge < -0.3 is 10.2 Å². The van der Waals surface area contributed by atoms with E-state index in [4.69, 9.17) is 10.2 Å². The SMILES string of the molecule is CCC(O)[C@@H](C)O. The van der Waals surface area contributed by atoms with Gasteiger partial charge in [0.1, 0.15) is 0 Å². The molecule has 2 atom stereocenters. The topological polar surface area (TPSA) is 40.5 Å². The van der Waals surface area contributed by atoms with Gasteiger partial charge in [0.15, 0.2) is 0 Å². The Morgan fingerprint density at radius 1 is 1.43 bits per heavy atom. The van der Waals surface area contributed by atoms with Crippen LogP contribution in [0.5, 0.6) is 0 Å². The first-order valence-corrected chi connectivity index (χ1v) is 2.54. The molecule has 0 bridgehead atoms. The molecule has 0 heterocycles. The summed E-state index contributed by atoms with van der Waals surface area (Å²) in [6, 6.07) is 0. The maximum absolute atomic E-state index is 8.69. The summed E-state index contributed by atoms with van der Waals surface area (Å²) >= 11 is 0. The zero-order chi connectivity index (χ0) is 5.86. The lowest BCUT2D eigenvalue weighted by atomic mass is 10.2. The highest BCUT2D eigenvalue weighted by molar-refractivity contribution is 4.56. The van der Waals surface area contributed by atoms with E-state index in [0.717, 1.165) is 0 Å². The normalized spacial score (nSPS) is 18.9. The molecule has 0 saturated heterocycles. The van der Waals surface area contributed by atoms with E-state index in [-0.39, 0.29) is 0 Å². The molecular formula is C5H12O2. The number of aliphatic hydroxyl groups excluding tert-OH is 2. The molecular weight excluding hydrogens is 92.1 g/mol. The standard InChI is InChI=1S/C5H12O2/c1-3-5(7)4(2)6/h4-7H,3H2,1-2H3/t4-,5?/m1/s1. The van der Waals surface area contributed by atoms with Crippen molar-refractivity contribution in [1.29, 1.82) is 0 Å². The molecule has 0 rings (SSSR count). The van der Waals surface area contributed by atoms with E-state index in [2.05, 4.69) is 0 Å². The Kier molecular flexibility index (Phi) is 2.96. The largest absolute Gasteiger partial charge is 0.391 e. The first-order valence-electron chi connectivity index (χ1n) is 2.54. The summed E-state index contributed by atoms with van der Waals surface area (Å²) in [7, 11) is 0. The third kappa shape index (κ3) is 2.60. The summed E-state index contributed by atoms with van der Waals surface area (Å²) in [6.45, 7) is 3.41. The second-order valence-electron chi connectivity index (χ2n) is 1.72. The fraction of sp³-hybridized carbons (Fsp3) is 1.00. The van der Waals surface area contributed by atoms with Crippen molar-refractivity contribution in [2.24, 2.45) is 0 Å². The van der Waals surface area contributed by atoms with Gasteiger partial charge in [-0.2, -0.15) is 0 Å². The van der Waals surface area contributed by atoms with Crippen molar-refractivity contribution in [3.63, 3.8) is 0 Å². The van der Waals surface area contributed by atoms with Gasteiger partial charge in [0.05, 0.1) is 12.2 Å². The number of rotatable bonds is 2. The molecule has 7 heavy (non-hydrogen) atoms. The maximum atomic E-state index is 8.69. The predicted octanol–water partition coefficient (Wildman–Crippen LogP) is 0.138. The van der Waals surface area contributed by atoms with E-state index in [1.165, 1.54) is 0 Å². The summed E-state index contributed by atoms with van der Waals surface area (Å²) in [5, 5.41) is 17.3. The van der Waals surface area contributed by atoms with Crippen LogP contribution in [0.25, 0.3) is 0 Å². The van der Waals surface area contributed by atoms with E-state index in [0.29, 0.717) is 6.42 Å². The van der Waals surface area contributed by atoms with Gasteiger partial charge in [-0.15, -0.1) is 0 Å². The quantitative estimate of drug-likeness (QED) is 0.523. The third-order valence-corrected chi connectivity index (χ3v) is 0.975. The van der Waals surface area contributed by atoms with Gasteiger partial charge in [-0.3, -0.25) is 0 Å². The minimum atomic E-state index is -0.579. The minimum absolute atomic E-state index is 0.542. The van der Waals surface area contributed by atoms with Gasteiger partial charge in [-0.25, -0.2) is 0 Å². The Labute approximate surface area is 43.8 Å². The molecule has 0 amide bonds. The molecule has 0 aliphatic carbocycles. The number of hydrogen-bond acceptors (Lipinski definition) is 2. The van der Waals surface area contributed by atoms with Crippen LogP contribution in [0.4, 0.5) is 0 Å². The first kappa shape index (κ1) is 6.92. The smallest absolute Gasteiger partial charge is 0.0793 e. The van der Waals surface area contributed by atoms with Crippen molar-refractivity contribution in [2.45, 2.75) is 32.5 Å². The Morgan fingerprint density at radius 2 is 1.86 bits per heavy atom. The average molecular weight is 104 g/mol. The first-order chi connectivity index (χ1) is 3.18. The Hall–Kier alpha value is -0.0800. The highest BCUT2D eigenvalue weighted by Gasteiger charge is 2.05. The zero-order valence-corrected chi connectivity index (χ0v) is 4.76. The second-order valence-corrected chi connectivity index (χ2v) is 1.72. The van der Waals surface area contributed by atoms with Gasteiger partial charge in [-0.1, -0.05) is 6.92 Å². The molecule has 2 nitrogen and oxygen atoms in total. The van der Waals surface area contributed by atoms with Crippen molar-refractivity contribution in [1.82, 2.24) is 0 Å². The fourth-order valence-electron chi connectivity index (χ4n) is 0.341. The molecule has 2 heteroatoms. The Bertz CT molecular complexity index is 43.3. The van der Waals surface area contributed by atoms with Gasteiger partial charge in [0.25, 0.3) is 0 Å². The second kappa shape index (κ2) is 2.99. The Morgan fingerprint density at radius 3 is 1.86 bits per heavy atom. The molecule has 2 N–H and O–H groups in total. The molecule has 0 fully saturated rings. The summed E-state index contributed by atoms with van der Waals surface area (Å²) in [6.07, 6.45) is -0.498. The molecule has 44 valence electrons. The average Bonchev–Trinajstić information content (AvgIpc) is 1.65. The highest BCUT2D eigenvalue weighted by Crippen LogP contribution is 1.94. The molecule has 0 aromatic rings. The van der Waals surface area contributed by atoms with Crippen LogP contribution >= 0.6 is 0 Å². The van der Waals surface area contributed by atoms with E-state index >= 15 is 0 Å². The van der Waals surface area contributed by atoms with E-state index in [1.54, 1.807) is 6.92 Å². The zero-order valence-electron chi connectivity index (χ0n) is 4.76. The molecule has 0 aliphatic rings. The Balaban J connectivity index is 3.14. The van der Waals surface area contributed by atoms with Gasteiger partial charge in [-0.05, 0) is 13.3 Å². The molecule has 1 unspecified atom stereocenters. The van der Waals surface area contributed by atoms with Crippen molar-refractivity contribution in [3.8, 4) is 0 Å². The van der Waals surface area contributed by atoms with Crippen molar-refractivity contribution >= 4 is 0 Å². The monoisotopic (exact) mass is 104 g/mol. The van der Waals surface area contributed by atoms with Gasteiger partial charge >= 0.3 is 0 Å². The lowest BCUT2D eigenvalue weighted by Gasteiger charge is -2.08. The summed E-state index contributed by atoms with van der Waals surface area (Å²) < 4.78 is 0. The maximum Gasteiger partial charge on any atom is 0.0793 e. The van der Waals surface area contributed by atoms with Crippen LogP contribution < -0.4 is 0 Å². The van der Waals surface area contributed by atoms with Crippen molar-refractivity contribution < 1.29 is 10.2 Å². The number of aliphatic hydroxyl groups is 2. The highest BCUT2D eigenvalue weighted by atomic mass is 16.3. The summed E-state index contributed by atoms with van der Waals surface area (Å²) in [5.41, 5.74) is 0. The molecule has 0 aromatic carbocycles. The van der Waals surface area contributed by atoms with Crippen LogP contribution in [0, 0.1) is 0 Å². The summed E-state index contributed by atoms with van der Waals surface area (Å²) in [5.74, 6) is 0. The van der Waals surface area contributed by atoms with Crippen LogP contribution in [0.2, 0.25) is 0 Å². The summed E-state index contributed by atoms with van der Waals surface area (Å²) in [4.78, 5) is 0. The van der Waals surface area contributed by atoms with Crippen LogP contribution in [-0.4, -0.2) is 22.4 Å². The van der Waals surface area contributed by atoms with Crippen LogP contribution in [0.1, 0.15) is 20.3 Å². The lowest BCUT2D eigenvalue weighted by molar-refractivity contribution is 0.0294. The molecule has 0 aliphatic heterocycles.